The van der Waals surface area contributed by atoms with Crippen LogP contribution in [0.15, 0.2) is 52.8 Å². The summed E-state index contributed by atoms with van der Waals surface area (Å²) in [6, 6.07) is 13.5. The van der Waals surface area contributed by atoms with Crippen LogP contribution in [0.3, 0.4) is 0 Å². The zero-order valence-electron chi connectivity index (χ0n) is 17.7. The zero-order valence-corrected chi connectivity index (χ0v) is 18.5. The summed E-state index contributed by atoms with van der Waals surface area (Å²) in [7, 11) is 0. The highest BCUT2D eigenvalue weighted by atomic mass is 32.1. The Hall–Kier alpha value is -2.73. The van der Waals surface area contributed by atoms with E-state index in [2.05, 4.69) is 48.9 Å². The average Bonchev–Trinajstić information content (AvgIpc) is 3.14. The normalized spacial score (nSPS) is 19.8. The topological polar surface area (TPSA) is 60.4 Å². The number of para-hydroxylation sites is 1. The van der Waals surface area contributed by atoms with Gasteiger partial charge in [-0.3, -0.25) is 10.1 Å². The van der Waals surface area contributed by atoms with Gasteiger partial charge >= 0.3 is 0 Å². The molecule has 30 heavy (non-hydrogen) atoms. The zero-order chi connectivity index (χ0) is 21.3. The Morgan fingerprint density at radius 2 is 1.73 bits per heavy atom. The molecule has 156 valence electrons. The van der Waals surface area contributed by atoms with E-state index in [1.807, 2.05) is 12.1 Å². The monoisotopic (exact) mass is 421 g/mol. The molecule has 2 unspecified atom stereocenters. The van der Waals surface area contributed by atoms with E-state index in [1.54, 1.807) is 23.5 Å². The summed E-state index contributed by atoms with van der Waals surface area (Å²) in [4.78, 5) is 16.8. The molecule has 0 bridgehead atoms. The molecular weight excluding hydrogens is 394 g/mol. The summed E-state index contributed by atoms with van der Waals surface area (Å²) in [6.45, 7) is 6.53. The van der Waals surface area contributed by atoms with Crippen molar-refractivity contribution in [2.45, 2.75) is 52.5 Å². The van der Waals surface area contributed by atoms with Crippen LogP contribution in [0.1, 0.15) is 49.8 Å². The number of rotatable bonds is 4. The van der Waals surface area contributed by atoms with Gasteiger partial charge in [-0.2, -0.15) is 0 Å². The summed E-state index contributed by atoms with van der Waals surface area (Å²) in [6.07, 6.45) is 4.85. The first kappa shape index (κ1) is 20.5. The summed E-state index contributed by atoms with van der Waals surface area (Å²) in [5.41, 5.74) is 5.59. The lowest BCUT2D eigenvalue weighted by Crippen LogP contribution is -2.28. The molecule has 0 spiro atoms. The quantitative estimate of drug-likeness (QED) is 0.346. The van der Waals surface area contributed by atoms with Gasteiger partial charge in [-0.25, -0.2) is 4.99 Å². The van der Waals surface area contributed by atoms with Gasteiger partial charge in [0.05, 0.1) is 16.3 Å². The second kappa shape index (κ2) is 8.56. The third-order valence-electron chi connectivity index (χ3n) is 6.16. The minimum Gasteiger partial charge on any atom is -0.313 e. The fourth-order valence-corrected chi connectivity index (χ4v) is 5.40. The minimum atomic E-state index is -0.351. The number of nitrogens with zero attached hydrogens (tertiary/aromatic N) is 3. The van der Waals surface area contributed by atoms with Gasteiger partial charge in [0.25, 0.3) is 5.69 Å². The third kappa shape index (κ3) is 3.97. The first-order valence-corrected chi connectivity index (χ1v) is 11.4. The maximum atomic E-state index is 11.1. The molecule has 4 rings (SSSR count). The largest absolute Gasteiger partial charge is 0.313 e. The molecule has 1 saturated carbocycles. The number of thiazole rings is 1. The van der Waals surface area contributed by atoms with Crippen LogP contribution in [0, 0.1) is 29.9 Å². The Bertz CT molecular complexity index is 1110. The Morgan fingerprint density at radius 1 is 1.07 bits per heavy atom. The molecule has 2 atom stereocenters. The summed E-state index contributed by atoms with van der Waals surface area (Å²) < 4.78 is 2.39. The molecule has 3 aromatic rings. The second-order valence-electron chi connectivity index (χ2n) is 8.26. The fourth-order valence-electron chi connectivity index (χ4n) is 4.44. The van der Waals surface area contributed by atoms with E-state index >= 15 is 0 Å². The molecule has 0 radical (unpaired) electrons. The van der Waals surface area contributed by atoms with Crippen LogP contribution < -0.4 is 4.80 Å². The highest BCUT2D eigenvalue weighted by molar-refractivity contribution is 7.07. The van der Waals surface area contributed by atoms with E-state index in [0.717, 1.165) is 28.2 Å². The van der Waals surface area contributed by atoms with Crippen molar-refractivity contribution < 1.29 is 4.92 Å². The molecule has 2 aromatic carbocycles. The fraction of sp³-hybridized carbons (Fsp3) is 0.375. The average molecular weight is 422 g/mol. The van der Waals surface area contributed by atoms with E-state index < -0.39 is 0 Å². The molecule has 1 heterocycles. The SMILES string of the molecule is Cc1cccc(C)c1N=c1scc(-c2ccc([N+](=O)[O-])cc2)n1C1CCCCC1C. The van der Waals surface area contributed by atoms with Crippen molar-refractivity contribution in [2.75, 3.05) is 0 Å². The maximum Gasteiger partial charge on any atom is 0.269 e. The highest BCUT2D eigenvalue weighted by Gasteiger charge is 2.26. The van der Waals surface area contributed by atoms with Gasteiger partial charge in [0.1, 0.15) is 0 Å². The summed E-state index contributed by atoms with van der Waals surface area (Å²) >= 11 is 1.65. The number of hydrogen-bond acceptors (Lipinski definition) is 4. The molecule has 0 aliphatic heterocycles. The molecular formula is C24H27N3O2S. The minimum absolute atomic E-state index is 0.118. The van der Waals surface area contributed by atoms with Gasteiger partial charge in [-0.15, -0.1) is 11.3 Å². The lowest BCUT2D eigenvalue weighted by molar-refractivity contribution is -0.384. The molecule has 1 aliphatic rings. The van der Waals surface area contributed by atoms with E-state index in [9.17, 15) is 10.1 Å². The molecule has 0 N–H and O–H groups in total. The van der Waals surface area contributed by atoms with Crippen molar-refractivity contribution in [3.05, 3.63) is 73.9 Å². The van der Waals surface area contributed by atoms with Gasteiger partial charge in [0.15, 0.2) is 4.80 Å². The van der Waals surface area contributed by atoms with Gasteiger partial charge in [0, 0.05) is 23.6 Å². The van der Waals surface area contributed by atoms with Gasteiger partial charge < -0.3 is 4.57 Å². The number of benzene rings is 2. The first-order chi connectivity index (χ1) is 14.5. The van der Waals surface area contributed by atoms with Crippen molar-refractivity contribution in [3.8, 4) is 11.3 Å². The number of non-ortho nitro benzene ring substituents is 1. The molecule has 1 aliphatic carbocycles. The second-order valence-corrected chi connectivity index (χ2v) is 9.10. The Morgan fingerprint density at radius 3 is 2.37 bits per heavy atom. The Labute approximate surface area is 180 Å². The van der Waals surface area contributed by atoms with E-state index in [0.29, 0.717) is 12.0 Å². The Balaban J connectivity index is 1.89. The smallest absolute Gasteiger partial charge is 0.269 e. The first-order valence-electron chi connectivity index (χ1n) is 10.5. The van der Waals surface area contributed by atoms with Crippen molar-refractivity contribution in [3.63, 3.8) is 0 Å². The predicted molar refractivity (Wildman–Crippen MR) is 122 cm³/mol. The lowest BCUT2D eigenvalue weighted by Gasteiger charge is -2.31. The number of nitro benzene ring substituents is 1. The molecule has 6 heteroatoms. The van der Waals surface area contributed by atoms with Crippen LogP contribution in [-0.4, -0.2) is 9.49 Å². The standard InChI is InChI=1S/C24H27N3O2S/c1-16-7-4-5-10-21(16)26-22(19-11-13-20(14-12-19)27(28)29)15-30-24(26)25-23-17(2)8-6-9-18(23)3/h6,8-9,11-16,21H,4-5,7,10H2,1-3H3. The maximum absolute atomic E-state index is 11.1. The van der Waals surface area contributed by atoms with Gasteiger partial charge in [-0.1, -0.05) is 38.0 Å². The molecule has 0 saturated heterocycles. The van der Waals surface area contributed by atoms with Crippen LogP contribution >= 0.6 is 11.3 Å². The molecule has 1 fully saturated rings. The van der Waals surface area contributed by atoms with E-state index in [1.165, 1.54) is 30.4 Å². The van der Waals surface area contributed by atoms with Gasteiger partial charge in [0.2, 0.25) is 0 Å². The van der Waals surface area contributed by atoms with Crippen LogP contribution in [-0.2, 0) is 0 Å². The molecule has 5 nitrogen and oxygen atoms in total. The van der Waals surface area contributed by atoms with E-state index in [-0.39, 0.29) is 10.6 Å². The number of hydrogen-bond donors (Lipinski definition) is 0. The van der Waals surface area contributed by atoms with Crippen LogP contribution in [0.2, 0.25) is 0 Å². The van der Waals surface area contributed by atoms with Crippen LogP contribution in [0.25, 0.3) is 11.3 Å². The van der Waals surface area contributed by atoms with Gasteiger partial charge in [-0.05, 0) is 61.4 Å². The van der Waals surface area contributed by atoms with Crippen LogP contribution in [0.5, 0.6) is 0 Å². The van der Waals surface area contributed by atoms with Crippen molar-refractivity contribution in [1.29, 1.82) is 0 Å². The van der Waals surface area contributed by atoms with E-state index in [4.69, 9.17) is 4.99 Å². The number of aryl methyl sites for hydroxylation is 2. The summed E-state index contributed by atoms with van der Waals surface area (Å²) in [5.74, 6) is 0.571. The number of aromatic nitrogens is 1. The van der Waals surface area contributed by atoms with Crippen molar-refractivity contribution in [1.82, 2.24) is 4.57 Å². The molecule has 0 amide bonds. The van der Waals surface area contributed by atoms with Crippen LogP contribution in [0.4, 0.5) is 11.4 Å². The Kier molecular flexibility index (Phi) is 5.86. The number of nitro groups is 1. The highest BCUT2D eigenvalue weighted by Crippen LogP contribution is 2.37. The van der Waals surface area contributed by atoms with Crippen molar-refractivity contribution in [2.24, 2.45) is 10.9 Å². The van der Waals surface area contributed by atoms with Crippen molar-refractivity contribution >= 4 is 22.7 Å². The lowest BCUT2D eigenvalue weighted by atomic mass is 9.85. The molecule has 1 aromatic heterocycles. The predicted octanol–water partition coefficient (Wildman–Crippen LogP) is 6.73. The third-order valence-corrected chi connectivity index (χ3v) is 7.00. The summed E-state index contributed by atoms with van der Waals surface area (Å²) in [5, 5.41) is 13.2.